The molecule has 0 fully saturated rings. The first-order valence-corrected chi connectivity index (χ1v) is 6.24. The Kier molecular flexibility index (Phi) is 4.09. The predicted molar refractivity (Wildman–Crippen MR) is 72.8 cm³/mol. The first-order chi connectivity index (χ1) is 7.84. The molecule has 0 amide bonds. The summed E-state index contributed by atoms with van der Waals surface area (Å²) in [5, 5.41) is 2.86. The molecule has 2 aromatic rings. The largest absolute Gasteiger partial charge is 0.0981 e. The van der Waals surface area contributed by atoms with Gasteiger partial charge in [0.25, 0.3) is 0 Å². The number of rotatable bonds is 3. The maximum Gasteiger partial charge on any atom is 0.0406 e. The third kappa shape index (κ3) is 3.44. The summed E-state index contributed by atoms with van der Waals surface area (Å²) in [6.45, 7) is 0. The number of hydrogen-bond acceptors (Lipinski definition) is 1. The summed E-state index contributed by atoms with van der Waals surface area (Å²) in [6, 6.07) is 18.1. The van der Waals surface area contributed by atoms with Gasteiger partial charge in [-0.25, -0.2) is 0 Å². The van der Waals surface area contributed by atoms with Crippen LogP contribution in [0.3, 0.4) is 0 Å². The normalized spacial score (nSPS) is 10.8. The van der Waals surface area contributed by atoms with E-state index in [1.165, 1.54) is 10.5 Å². The van der Waals surface area contributed by atoms with Gasteiger partial charge >= 0.3 is 0 Å². The highest BCUT2D eigenvalue weighted by molar-refractivity contribution is 8.02. The maximum absolute atomic E-state index is 5.81. The van der Waals surface area contributed by atoms with Crippen molar-refractivity contribution in [2.75, 3.05) is 0 Å². The molecule has 0 aliphatic rings. The van der Waals surface area contributed by atoms with Crippen molar-refractivity contribution in [2.24, 2.45) is 0 Å². The van der Waals surface area contributed by atoms with Crippen molar-refractivity contribution in [3.8, 4) is 0 Å². The summed E-state index contributed by atoms with van der Waals surface area (Å²) in [4.78, 5) is 1.19. The van der Waals surface area contributed by atoms with Crippen LogP contribution >= 0.6 is 23.4 Å². The Morgan fingerprint density at radius 3 is 2.25 bits per heavy atom. The van der Waals surface area contributed by atoms with Crippen LogP contribution in [0.25, 0.3) is 6.08 Å². The summed E-state index contributed by atoms with van der Waals surface area (Å²) < 4.78 is 0. The molecule has 0 nitrogen and oxygen atoms in total. The lowest BCUT2D eigenvalue weighted by Gasteiger charge is -1.96. The quantitative estimate of drug-likeness (QED) is 0.679. The highest BCUT2D eigenvalue weighted by atomic mass is 35.5. The topological polar surface area (TPSA) is 0 Å². The predicted octanol–water partition coefficient (Wildman–Crippen LogP) is 5.10. The van der Waals surface area contributed by atoms with Gasteiger partial charge in [-0.15, -0.1) is 0 Å². The molecule has 0 radical (unpaired) electrons. The van der Waals surface area contributed by atoms with E-state index in [-0.39, 0.29) is 0 Å². The minimum absolute atomic E-state index is 0.774. The van der Waals surface area contributed by atoms with Crippen molar-refractivity contribution in [1.82, 2.24) is 0 Å². The molecule has 0 N–H and O–H groups in total. The fraction of sp³-hybridized carbons (Fsp3) is 0. The van der Waals surface area contributed by atoms with Gasteiger partial charge in [0, 0.05) is 9.92 Å². The molecule has 0 atom stereocenters. The SMILES string of the molecule is Clc1ccc(S/C=C\c2ccccc2)cc1. The fourth-order valence-electron chi connectivity index (χ4n) is 1.27. The van der Waals surface area contributed by atoms with Crippen LogP contribution in [0.4, 0.5) is 0 Å². The lowest BCUT2D eigenvalue weighted by Crippen LogP contribution is -1.69. The highest BCUT2D eigenvalue weighted by Crippen LogP contribution is 2.22. The van der Waals surface area contributed by atoms with Crippen molar-refractivity contribution in [3.05, 3.63) is 70.6 Å². The van der Waals surface area contributed by atoms with Crippen LogP contribution in [0.1, 0.15) is 5.56 Å². The third-order valence-electron chi connectivity index (χ3n) is 2.08. The van der Waals surface area contributed by atoms with Gasteiger partial charge < -0.3 is 0 Å². The van der Waals surface area contributed by atoms with Crippen molar-refractivity contribution in [3.63, 3.8) is 0 Å². The van der Waals surface area contributed by atoms with E-state index in [1.807, 2.05) is 42.5 Å². The highest BCUT2D eigenvalue weighted by Gasteiger charge is 1.90. The smallest absolute Gasteiger partial charge is 0.0406 e. The second-order valence-corrected chi connectivity index (χ2v) is 4.70. The van der Waals surface area contributed by atoms with Crippen LogP contribution in [0.5, 0.6) is 0 Å². The minimum atomic E-state index is 0.774. The lowest BCUT2D eigenvalue weighted by molar-refractivity contribution is 1.47. The van der Waals surface area contributed by atoms with Crippen LogP contribution in [-0.4, -0.2) is 0 Å². The first kappa shape index (κ1) is 11.3. The Hall–Kier alpha value is -1.18. The van der Waals surface area contributed by atoms with Crippen LogP contribution in [0, 0.1) is 0 Å². The van der Waals surface area contributed by atoms with E-state index in [0.717, 1.165) is 5.02 Å². The summed E-state index contributed by atoms with van der Waals surface area (Å²) in [5.41, 5.74) is 1.21. The molecule has 0 bridgehead atoms. The molecule has 2 aromatic carbocycles. The minimum Gasteiger partial charge on any atom is -0.0981 e. The standard InChI is InChI=1S/C14H11ClS/c15-13-6-8-14(9-7-13)16-11-10-12-4-2-1-3-5-12/h1-11H/b11-10-. The molecule has 0 saturated carbocycles. The van der Waals surface area contributed by atoms with Crippen LogP contribution in [-0.2, 0) is 0 Å². The van der Waals surface area contributed by atoms with Crippen molar-refractivity contribution < 1.29 is 0 Å². The van der Waals surface area contributed by atoms with Gasteiger partial charge in [-0.3, -0.25) is 0 Å². The number of benzene rings is 2. The van der Waals surface area contributed by atoms with E-state index in [0.29, 0.717) is 0 Å². The molecule has 0 saturated heterocycles. The molecule has 0 heterocycles. The van der Waals surface area contributed by atoms with Crippen LogP contribution in [0.15, 0.2) is 64.9 Å². The lowest BCUT2D eigenvalue weighted by atomic mass is 10.2. The number of hydrogen-bond donors (Lipinski definition) is 0. The molecule has 16 heavy (non-hydrogen) atoms. The molecule has 0 spiro atoms. The average molecular weight is 247 g/mol. The van der Waals surface area contributed by atoms with Crippen molar-refractivity contribution in [1.29, 1.82) is 0 Å². The Morgan fingerprint density at radius 1 is 0.875 bits per heavy atom. The first-order valence-electron chi connectivity index (χ1n) is 4.98. The Bertz CT molecular complexity index is 460. The zero-order chi connectivity index (χ0) is 11.2. The van der Waals surface area contributed by atoms with Crippen molar-refractivity contribution >= 4 is 29.4 Å². The van der Waals surface area contributed by atoms with E-state index in [4.69, 9.17) is 11.6 Å². The molecule has 2 heteroatoms. The van der Waals surface area contributed by atoms with Gasteiger partial charge in [-0.2, -0.15) is 0 Å². The third-order valence-corrected chi connectivity index (χ3v) is 3.15. The summed E-state index contributed by atoms with van der Waals surface area (Å²) in [7, 11) is 0. The van der Waals surface area contributed by atoms with Crippen molar-refractivity contribution in [2.45, 2.75) is 4.90 Å². The molecule has 0 aliphatic carbocycles. The Morgan fingerprint density at radius 2 is 1.56 bits per heavy atom. The second-order valence-electron chi connectivity index (χ2n) is 3.29. The number of halogens is 1. The van der Waals surface area contributed by atoms with Crippen LogP contribution in [0.2, 0.25) is 5.02 Å². The second kappa shape index (κ2) is 5.78. The zero-order valence-corrected chi connectivity index (χ0v) is 10.2. The van der Waals surface area contributed by atoms with E-state index in [9.17, 15) is 0 Å². The molecule has 0 aromatic heterocycles. The van der Waals surface area contributed by atoms with Gasteiger partial charge in [0.2, 0.25) is 0 Å². The molecule has 2 rings (SSSR count). The Labute approximate surface area is 105 Å². The zero-order valence-electron chi connectivity index (χ0n) is 8.64. The van der Waals surface area contributed by atoms with Gasteiger partial charge in [-0.05, 0) is 41.3 Å². The fourth-order valence-corrected chi connectivity index (χ4v) is 2.07. The maximum atomic E-state index is 5.81. The molecule has 80 valence electrons. The van der Waals surface area contributed by atoms with E-state index in [2.05, 4.69) is 23.6 Å². The molecule has 0 aliphatic heterocycles. The van der Waals surface area contributed by atoms with E-state index >= 15 is 0 Å². The summed E-state index contributed by atoms with van der Waals surface area (Å²) in [5.74, 6) is 0. The molecular weight excluding hydrogens is 236 g/mol. The van der Waals surface area contributed by atoms with Gasteiger partial charge in [0.1, 0.15) is 0 Å². The number of thioether (sulfide) groups is 1. The summed E-state index contributed by atoms with van der Waals surface area (Å²) in [6.07, 6.45) is 2.10. The van der Waals surface area contributed by atoms with E-state index < -0.39 is 0 Å². The van der Waals surface area contributed by atoms with Crippen LogP contribution < -0.4 is 0 Å². The average Bonchev–Trinajstić information content (AvgIpc) is 2.33. The van der Waals surface area contributed by atoms with Gasteiger partial charge in [-0.1, -0.05) is 53.7 Å². The molecular formula is C14H11ClS. The summed E-state index contributed by atoms with van der Waals surface area (Å²) >= 11 is 7.50. The van der Waals surface area contributed by atoms with E-state index in [1.54, 1.807) is 11.8 Å². The van der Waals surface area contributed by atoms with Gasteiger partial charge in [0.05, 0.1) is 0 Å². The monoisotopic (exact) mass is 246 g/mol. The van der Waals surface area contributed by atoms with Gasteiger partial charge in [0.15, 0.2) is 0 Å². The molecule has 0 unspecified atom stereocenters. The Balaban J connectivity index is 1.97.